The summed E-state index contributed by atoms with van der Waals surface area (Å²) in [4.78, 5) is 4.26. The van der Waals surface area contributed by atoms with Crippen molar-refractivity contribution in [3.05, 3.63) is 34.2 Å². The van der Waals surface area contributed by atoms with E-state index >= 15 is 0 Å². The number of pyridine rings is 1. The van der Waals surface area contributed by atoms with E-state index in [9.17, 15) is 0 Å². The van der Waals surface area contributed by atoms with Crippen molar-refractivity contribution in [1.82, 2.24) is 9.38 Å². The number of aliphatic hydroxyl groups excluding tert-OH is 1. The fourth-order valence-corrected chi connectivity index (χ4v) is 1.78. The molecule has 0 spiro atoms. The quantitative estimate of drug-likeness (QED) is 0.827. The standard InChI is InChI=1S/C9H9BrN2O/c1-6-2-3-12-8(4-6)11-7(5-13)9(12)10/h2-4,13H,5H2,1H3. The molecule has 0 aromatic carbocycles. The van der Waals surface area contributed by atoms with E-state index in [4.69, 9.17) is 5.11 Å². The number of hydrogen-bond acceptors (Lipinski definition) is 2. The van der Waals surface area contributed by atoms with Crippen LogP contribution in [-0.4, -0.2) is 14.5 Å². The van der Waals surface area contributed by atoms with Crippen molar-refractivity contribution in [3.63, 3.8) is 0 Å². The van der Waals surface area contributed by atoms with Crippen LogP contribution in [0.25, 0.3) is 5.65 Å². The Morgan fingerprint density at radius 3 is 3.08 bits per heavy atom. The molecule has 0 saturated carbocycles. The monoisotopic (exact) mass is 240 g/mol. The van der Waals surface area contributed by atoms with Gasteiger partial charge in [0, 0.05) is 6.20 Å². The summed E-state index contributed by atoms with van der Waals surface area (Å²) in [6, 6.07) is 3.98. The van der Waals surface area contributed by atoms with Crippen LogP contribution in [0.1, 0.15) is 11.3 Å². The smallest absolute Gasteiger partial charge is 0.138 e. The lowest BCUT2D eigenvalue weighted by Gasteiger charge is -1.95. The Morgan fingerprint density at radius 1 is 1.62 bits per heavy atom. The summed E-state index contributed by atoms with van der Waals surface area (Å²) in [6.07, 6.45) is 1.93. The number of hydrogen-bond donors (Lipinski definition) is 1. The maximum atomic E-state index is 8.98. The van der Waals surface area contributed by atoms with Crippen molar-refractivity contribution in [3.8, 4) is 0 Å². The van der Waals surface area contributed by atoms with Crippen LogP contribution >= 0.6 is 15.9 Å². The van der Waals surface area contributed by atoms with Gasteiger partial charge in [0.15, 0.2) is 0 Å². The average molecular weight is 241 g/mol. The molecule has 0 bridgehead atoms. The minimum atomic E-state index is -0.0404. The second-order valence-electron chi connectivity index (χ2n) is 2.94. The van der Waals surface area contributed by atoms with Gasteiger partial charge < -0.3 is 5.11 Å². The largest absolute Gasteiger partial charge is 0.390 e. The number of aliphatic hydroxyl groups is 1. The Morgan fingerprint density at radius 2 is 2.38 bits per heavy atom. The number of aryl methyl sites for hydroxylation is 1. The highest BCUT2D eigenvalue weighted by Crippen LogP contribution is 2.19. The van der Waals surface area contributed by atoms with E-state index < -0.39 is 0 Å². The molecule has 0 radical (unpaired) electrons. The molecule has 0 amide bonds. The third kappa shape index (κ3) is 1.36. The first-order chi connectivity index (χ1) is 6.22. The zero-order valence-corrected chi connectivity index (χ0v) is 8.74. The maximum absolute atomic E-state index is 8.98. The lowest BCUT2D eigenvalue weighted by molar-refractivity contribution is 0.276. The lowest BCUT2D eigenvalue weighted by atomic mass is 10.3. The highest BCUT2D eigenvalue weighted by atomic mass is 79.9. The van der Waals surface area contributed by atoms with Crippen LogP contribution in [0.2, 0.25) is 0 Å². The van der Waals surface area contributed by atoms with Gasteiger partial charge in [-0.1, -0.05) is 0 Å². The fourth-order valence-electron chi connectivity index (χ4n) is 1.27. The normalized spacial score (nSPS) is 11.0. The molecule has 0 atom stereocenters. The van der Waals surface area contributed by atoms with Crippen molar-refractivity contribution in [2.45, 2.75) is 13.5 Å². The summed E-state index contributed by atoms with van der Waals surface area (Å²) in [5.41, 5.74) is 2.69. The lowest BCUT2D eigenvalue weighted by Crippen LogP contribution is -1.85. The molecule has 68 valence electrons. The van der Waals surface area contributed by atoms with Gasteiger partial charge in [0.2, 0.25) is 0 Å². The minimum absolute atomic E-state index is 0.0404. The first kappa shape index (κ1) is 8.72. The van der Waals surface area contributed by atoms with Crippen LogP contribution in [0.4, 0.5) is 0 Å². The Hall–Kier alpha value is -0.870. The van der Waals surface area contributed by atoms with Crippen LogP contribution in [0.3, 0.4) is 0 Å². The van der Waals surface area contributed by atoms with E-state index in [-0.39, 0.29) is 6.61 Å². The first-order valence-electron chi connectivity index (χ1n) is 3.96. The van der Waals surface area contributed by atoms with Crippen molar-refractivity contribution in [2.75, 3.05) is 0 Å². The van der Waals surface area contributed by atoms with Crippen LogP contribution in [0.15, 0.2) is 22.9 Å². The van der Waals surface area contributed by atoms with E-state index in [2.05, 4.69) is 20.9 Å². The van der Waals surface area contributed by atoms with Gasteiger partial charge >= 0.3 is 0 Å². The summed E-state index contributed by atoms with van der Waals surface area (Å²) in [6.45, 7) is 1.97. The molecule has 2 aromatic rings. The molecule has 0 aliphatic heterocycles. The minimum Gasteiger partial charge on any atom is -0.390 e. The number of halogens is 1. The van der Waals surface area contributed by atoms with Crippen molar-refractivity contribution in [2.24, 2.45) is 0 Å². The van der Waals surface area contributed by atoms with Gasteiger partial charge in [0.25, 0.3) is 0 Å². The van der Waals surface area contributed by atoms with Gasteiger partial charge in [-0.3, -0.25) is 4.40 Å². The summed E-state index contributed by atoms with van der Waals surface area (Å²) in [5.74, 6) is 0. The summed E-state index contributed by atoms with van der Waals surface area (Å²) in [7, 11) is 0. The Kier molecular flexibility index (Phi) is 2.09. The fraction of sp³-hybridized carbons (Fsp3) is 0.222. The second-order valence-corrected chi connectivity index (χ2v) is 3.69. The number of imidazole rings is 1. The zero-order valence-electron chi connectivity index (χ0n) is 7.16. The molecule has 2 heterocycles. The predicted octanol–water partition coefficient (Wildman–Crippen LogP) is 1.90. The molecule has 3 nitrogen and oxygen atoms in total. The van der Waals surface area contributed by atoms with E-state index in [0.29, 0.717) is 5.69 Å². The van der Waals surface area contributed by atoms with E-state index in [1.807, 2.05) is 29.7 Å². The summed E-state index contributed by atoms with van der Waals surface area (Å²) >= 11 is 3.38. The molecule has 0 aliphatic carbocycles. The Balaban J connectivity index is 2.76. The van der Waals surface area contributed by atoms with Gasteiger partial charge in [-0.15, -0.1) is 0 Å². The van der Waals surface area contributed by atoms with E-state index in [1.165, 1.54) is 0 Å². The molecule has 0 fully saturated rings. The molecule has 0 saturated heterocycles. The second kappa shape index (κ2) is 3.12. The van der Waals surface area contributed by atoms with Gasteiger partial charge in [0.1, 0.15) is 10.3 Å². The first-order valence-corrected chi connectivity index (χ1v) is 4.75. The van der Waals surface area contributed by atoms with Crippen molar-refractivity contribution in [1.29, 1.82) is 0 Å². The third-order valence-electron chi connectivity index (χ3n) is 1.94. The molecule has 0 aliphatic rings. The third-order valence-corrected chi connectivity index (χ3v) is 2.78. The molecule has 2 aromatic heterocycles. The highest BCUT2D eigenvalue weighted by Gasteiger charge is 2.07. The predicted molar refractivity (Wildman–Crippen MR) is 53.6 cm³/mol. The van der Waals surface area contributed by atoms with Gasteiger partial charge in [0.05, 0.1) is 12.3 Å². The van der Waals surface area contributed by atoms with Gasteiger partial charge in [-0.25, -0.2) is 4.98 Å². The van der Waals surface area contributed by atoms with Crippen LogP contribution in [0, 0.1) is 6.92 Å². The molecule has 13 heavy (non-hydrogen) atoms. The van der Waals surface area contributed by atoms with Crippen molar-refractivity contribution < 1.29 is 5.11 Å². The van der Waals surface area contributed by atoms with Crippen LogP contribution < -0.4 is 0 Å². The van der Waals surface area contributed by atoms with E-state index in [1.54, 1.807) is 0 Å². The molecular formula is C9H9BrN2O. The molecule has 1 N–H and O–H groups in total. The van der Waals surface area contributed by atoms with Gasteiger partial charge in [-0.2, -0.15) is 0 Å². The number of aromatic nitrogens is 2. The van der Waals surface area contributed by atoms with E-state index in [0.717, 1.165) is 15.8 Å². The summed E-state index contributed by atoms with van der Waals surface area (Å²) < 4.78 is 2.73. The zero-order chi connectivity index (χ0) is 9.42. The molecule has 0 unspecified atom stereocenters. The topological polar surface area (TPSA) is 37.5 Å². The SMILES string of the molecule is Cc1ccn2c(Br)c(CO)nc2c1. The Bertz CT molecular complexity index is 450. The summed E-state index contributed by atoms with van der Waals surface area (Å²) in [5, 5.41) is 8.98. The van der Waals surface area contributed by atoms with Crippen LogP contribution in [0.5, 0.6) is 0 Å². The maximum Gasteiger partial charge on any atom is 0.138 e. The number of nitrogens with zero attached hydrogens (tertiary/aromatic N) is 2. The molecular weight excluding hydrogens is 232 g/mol. The van der Waals surface area contributed by atoms with Crippen LogP contribution in [-0.2, 0) is 6.61 Å². The highest BCUT2D eigenvalue weighted by molar-refractivity contribution is 9.10. The number of fused-ring (bicyclic) bond motifs is 1. The van der Waals surface area contributed by atoms with Gasteiger partial charge in [-0.05, 0) is 40.5 Å². The number of rotatable bonds is 1. The molecule has 4 heteroatoms. The van der Waals surface area contributed by atoms with Crippen molar-refractivity contribution >= 4 is 21.6 Å². The Labute approximate surface area is 84.2 Å². The average Bonchev–Trinajstić information content (AvgIpc) is 2.42. The molecule has 2 rings (SSSR count).